The lowest BCUT2D eigenvalue weighted by molar-refractivity contribution is -0.122. The highest BCUT2D eigenvalue weighted by atomic mass is 32.2. The Kier molecular flexibility index (Phi) is 6.38. The molecule has 0 bridgehead atoms. The number of rotatable bonds is 6. The van der Waals surface area contributed by atoms with E-state index in [1.807, 2.05) is 18.2 Å². The summed E-state index contributed by atoms with van der Waals surface area (Å²) < 4.78 is 4.92. The van der Waals surface area contributed by atoms with Gasteiger partial charge in [-0.15, -0.1) is 0 Å². The van der Waals surface area contributed by atoms with E-state index in [-0.39, 0.29) is 18.3 Å². The van der Waals surface area contributed by atoms with Gasteiger partial charge in [0, 0.05) is 18.8 Å². The van der Waals surface area contributed by atoms with E-state index in [2.05, 4.69) is 38.6 Å². The van der Waals surface area contributed by atoms with Crippen molar-refractivity contribution in [3.63, 3.8) is 0 Å². The van der Waals surface area contributed by atoms with E-state index >= 15 is 0 Å². The first-order chi connectivity index (χ1) is 14.5. The predicted molar refractivity (Wildman–Crippen MR) is 122 cm³/mol. The zero-order chi connectivity index (χ0) is 21.1. The third-order valence-corrected chi connectivity index (χ3v) is 6.89. The van der Waals surface area contributed by atoms with Crippen molar-refractivity contribution in [2.75, 3.05) is 18.0 Å². The zero-order valence-corrected chi connectivity index (χ0v) is 18.4. The van der Waals surface area contributed by atoms with Crippen LogP contribution in [0.3, 0.4) is 0 Å². The molecule has 2 aromatic rings. The standard InChI is InChI=1S/C21H24N4O3S2/c1-2-4-14-7-9-24(10-8-14)16-6-3-5-15(11-16)12-17-19(26)25(21(29)30-17)13-18-22-20(27)28-23-18/h3,5-6,11-12,14H,2,4,7-10,13H2,1H3,(H,22,23,27)/b17-12-. The van der Waals surface area contributed by atoms with Crippen LogP contribution in [0.15, 0.2) is 38.5 Å². The second kappa shape index (κ2) is 9.18. The highest BCUT2D eigenvalue weighted by Crippen LogP contribution is 2.34. The maximum Gasteiger partial charge on any atom is 0.438 e. The van der Waals surface area contributed by atoms with Gasteiger partial charge in [0.1, 0.15) is 4.32 Å². The monoisotopic (exact) mass is 444 g/mol. The van der Waals surface area contributed by atoms with Crippen molar-refractivity contribution < 1.29 is 9.32 Å². The molecule has 3 heterocycles. The second-order valence-corrected chi connectivity index (χ2v) is 9.30. The highest BCUT2D eigenvalue weighted by Gasteiger charge is 2.33. The summed E-state index contributed by atoms with van der Waals surface area (Å²) in [6.07, 6.45) is 6.92. The van der Waals surface area contributed by atoms with E-state index < -0.39 is 5.76 Å². The largest absolute Gasteiger partial charge is 0.438 e. The van der Waals surface area contributed by atoms with E-state index in [1.54, 1.807) is 0 Å². The Morgan fingerprint density at radius 2 is 2.13 bits per heavy atom. The number of anilines is 1. The average Bonchev–Trinajstić information content (AvgIpc) is 3.27. The number of carbonyl (C=O) groups excluding carboxylic acids is 1. The molecule has 2 saturated heterocycles. The van der Waals surface area contributed by atoms with E-state index in [1.165, 1.54) is 48.0 Å². The molecule has 9 heteroatoms. The number of carbonyl (C=O) groups is 1. The van der Waals surface area contributed by atoms with Crippen molar-refractivity contribution in [3.8, 4) is 0 Å². The Morgan fingerprint density at radius 3 is 2.83 bits per heavy atom. The van der Waals surface area contributed by atoms with Crippen molar-refractivity contribution in [1.29, 1.82) is 0 Å². The van der Waals surface area contributed by atoms with Gasteiger partial charge in [0.05, 0.1) is 11.4 Å². The third-order valence-electron chi connectivity index (χ3n) is 5.51. The number of benzene rings is 1. The minimum absolute atomic E-state index is 0.0838. The molecular formula is C21H24N4O3S2. The predicted octanol–water partition coefficient (Wildman–Crippen LogP) is 3.78. The van der Waals surface area contributed by atoms with Crippen molar-refractivity contribution in [2.45, 2.75) is 39.2 Å². The summed E-state index contributed by atoms with van der Waals surface area (Å²) >= 11 is 6.60. The second-order valence-electron chi connectivity index (χ2n) is 7.62. The summed E-state index contributed by atoms with van der Waals surface area (Å²) in [6, 6.07) is 8.28. The van der Waals surface area contributed by atoms with Crippen LogP contribution in [0.1, 0.15) is 44.0 Å². The number of hydrogen-bond donors (Lipinski definition) is 1. The van der Waals surface area contributed by atoms with Crippen LogP contribution in [0.5, 0.6) is 0 Å². The minimum Gasteiger partial charge on any atom is -0.371 e. The number of amides is 1. The van der Waals surface area contributed by atoms with Crippen molar-refractivity contribution in [2.24, 2.45) is 5.92 Å². The Hall–Kier alpha value is -2.39. The van der Waals surface area contributed by atoms with Crippen LogP contribution in [0.25, 0.3) is 6.08 Å². The van der Waals surface area contributed by atoms with E-state index in [0.717, 1.165) is 24.6 Å². The molecule has 1 N–H and O–H groups in total. The topological polar surface area (TPSA) is 82.4 Å². The number of aromatic amines is 1. The normalized spacial score (nSPS) is 19.3. The molecule has 0 atom stereocenters. The first-order valence-electron chi connectivity index (χ1n) is 10.2. The summed E-state index contributed by atoms with van der Waals surface area (Å²) in [7, 11) is 0. The van der Waals surface area contributed by atoms with Crippen LogP contribution in [-0.4, -0.2) is 38.4 Å². The number of nitrogens with zero attached hydrogens (tertiary/aromatic N) is 3. The number of nitrogens with one attached hydrogen (secondary N) is 1. The van der Waals surface area contributed by atoms with Gasteiger partial charge < -0.3 is 4.90 Å². The van der Waals surface area contributed by atoms with E-state index in [0.29, 0.717) is 9.23 Å². The first-order valence-corrected chi connectivity index (χ1v) is 11.4. The molecule has 1 amide bonds. The van der Waals surface area contributed by atoms with Gasteiger partial charge in [0.2, 0.25) is 0 Å². The smallest absolute Gasteiger partial charge is 0.371 e. The van der Waals surface area contributed by atoms with Gasteiger partial charge in [-0.3, -0.25) is 19.2 Å². The van der Waals surface area contributed by atoms with Crippen LogP contribution >= 0.6 is 24.0 Å². The van der Waals surface area contributed by atoms with Crippen LogP contribution < -0.4 is 10.7 Å². The Morgan fingerprint density at radius 1 is 1.33 bits per heavy atom. The molecule has 2 aliphatic heterocycles. The molecule has 30 heavy (non-hydrogen) atoms. The lowest BCUT2D eigenvalue weighted by atomic mass is 9.92. The van der Waals surface area contributed by atoms with Crippen molar-refractivity contribution in [3.05, 3.63) is 51.1 Å². The maximum atomic E-state index is 12.8. The number of thioether (sulfide) groups is 1. The highest BCUT2D eigenvalue weighted by molar-refractivity contribution is 8.26. The van der Waals surface area contributed by atoms with Gasteiger partial charge in [0.25, 0.3) is 5.91 Å². The van der Waals surface area contributed by atoms with Crippen molar-refractivity contribution in [1.82, 2.24) is 15.0 Å². The average molecular weight is 445 g/mol. The summed E-state index contributed by atoms with van der Waals surface area (Å²) in [5.74, 6) is 0.267. The fraction of sp³-hybridized carbons (Fsp3) is 0.429. The number of hydrogen-bond acceptors (Lipinski definition) is 7. The molecule has 1 aromatic carbocycles. The molecule has 4 rings (SSSR count). The first kappa shape index (κ1) is 20.9. The molecule has 158 valence electrons. The molecule has 0 spiro atoms. The van der Waals surface area contributed by atoms with Gasteiger partial charge in [-0.25, -0.2) is 4.79 Å². The fourth-order valence-corrected chi connectivity index (χ4v) is 5.22. The van der Waals surface area contributed by atoms with Crippen LogP contribution in [0.4, 0.5) is 5.69 Å². The van der Waals surface area contributed by atoms with Crippen LogP contribution in [-0.2, 0) is 11.3 Å². The lowest BCUT2D eigenvalue weighted by Crippen LogP contribution is -2.33. The summed E-state index contributed by atoms with van der Waals surface area (Å²) in [5, 5.41) is 3.61. The SMILES string of the molecule is CCCC1CCN(c2cccc(/C=C3\SC(=S)N(Cc4noc(=O)[nH]4)C3=O)c2)CC1. The molecular weight excluding hydrogens is 420 g/mol. The molecule has 2 fully saturated rings. The fourth-order valence-electron chi connectivity index (χ4n) is 3.97. The third kappa shape index (κ3) is 4.67. The quantitative estimate of drug-likeness (QED) is 0.536. The van der Waals surface area contributed by atoms with Gasteiger partial charge in [-0.1, -0.05) is 61.0 Å². The van der Waals surface area contributed by atoms with E-state index in [4.69, 9.17) is 12.2 Å². The summed E-state index contributed by atoms with van der Waals surface area (Å²) in [4.78, 5) is 30.8. The van der Waals surface area contributed by atoms with Gasteiger partial charge >= 0.3 is 5.76 Å². The molecule has 0 radical (unpaired) electrons. The summed E-state index contributed by atoms with van der Waals surface area (Å²) in [5.41, 5.74) is 2.16. The van der Waals surface area contributed by atoms with Crippen LogP contribution in [0.2, 0.25) is 0 Å². The summed E-state index contributed by atoms with van der Waals surface area (Å²) in [6.45, 7) is 4.49. The molecule has 1 aromatic heterocycles. The molecule has 2 aliphatic rings. The van der Waals surface area contributed by atoms with Gasteiger partial charge in [-0.05, 0) is 42.5 Å². The van der Waals surface area contributed by atoms with Crippen LogP contribution in [0, 0.1) is 5.92 Å². The van der Waals surface area contributed by atoms with Crippen molar-refractivity contribution >= 4 is 46.0 Å². The Bertz CT molecular complexity index is 1020. The Labute approximate surface area is 184 Å². The minimum atomic E-state index is -0.651. The lowest BCUT2D eigenvalue weighted by Gasteiger charge is -2.33. The number of aromatic nitrogens is 2. The van der Waals surface area contributed by atoms with E-state index in [9.17, 15) is 9.59 Å². The molecule has 0 aliphatic carbocycles. The number of H-pyrrole nitrogens is 1. The number of piperidine rings is 1. The van der Waals surface area contributed by atoms with Gasteiger partial charge in [-0.2, -0.15) is 0 Å². The molecule has 0 saturated carbocycles. The number of thiocarbonyl (C=S) groups is 1. The molecule has 7 nitrogen and oxygen atoms in total. The molecule has 0 unspecified atom stereocenters. The maximum absolute atomic E-state index is 12.8. The van der Waals surface area contributed by atoms with Gasteiger partial charge in [0.15, 0.2) is 5.82 Å². The Balaban J connectivity index is 1.46. The zero-order valence-electron chi connectivity index (χ0n) is 16.8.